The minimum Gasteiger partial charge on any atom is -0.490 e. The summed E-state index contributed by atoms with van der Waals surface area (Å²) in [6, 6.07) is 5.52. The van der Waals surface area contributed by atoms with Crippen LogP contribution in [-0.4, -0.2) is 74.9 Å². The van der Waals surface area contributed by atoms with Gasteiger partial charge in [0.25, 0.3) is 5.91 Å². The predicted octanol–water partition coefficient (Wildman–Crippen LogP) is 2.03. The van der Waals surface area contributed by atoms with Gasteiger partial charge >= 0.3 is 0 Å². The van der Waals surface area contributed by atoms with Crippen LogP contribution in [0.1, 0.15) is 29.6 Å². The van der Waals surface area contributed by atoms with Crippen LogP contribution in [0.25, 0.3) is 0 Å². The Labute approximate surface area is 155 Å². The summed E-state index contributed by atoms with van der Waals surface area (Å²) in [6.45, 7) is 4.74. The maximum absolute atomic E-state index is 12.9. The van der Waals surface area contributed by atoms with Crippen LogP contribution in [-0.2, 0) is 4.74 Å². The average molecular weight is 360 g/mol. The molecule has 0 radical (unpaired) electrons. The van der Waals surface area contributed by atoms with Crippen LogP contribution in [0.15, 0.2) is 18.2 Å². The maximum atomic E-state index is 12.9. The van der Waals surface area contributed by atoms with Crippen molar-refractivity contribution in [2.24, 2.45) is 5.92 Å². The molecule has 0 bridgehead atoms. The molecule has 1 aromatic carbocycles. The van der Waals surface area contributed by atoms with E-state index in [2.05, 4.69) is 11.9 Å². The van der Waals surface area contributed by atoms with Crippen molar-refractivity contribution in [3.8, 4) is 11.5 Å². The zero-order valence-electron chi connectivity index (χ0n) is 15.7. The first-order chi connectivity index (χ1) is 12.6. The van der Waals surface area contributed by atoms with E-state index in [1.807, 2.05) is 23.1 Å². The Morgan fingerprint density at radius 3 is 2.81 bits per heavy atom. The predicted molar refractivity (Wildman–Crippen MR) is 97.9 cm³/mol. The monoisotopic (exact) mass is 360 g/mol. The second-order valence-corrected chi connectivity index (χ2v) is 7.83. The molecule has 3 heterocycles. The summed E-state index contributed by atoms with van der Waals surface area (Å²) in [5.41, 5.74) is 0.790. The first-order valence-electron chi connectivity index (χ1n) is 9.50. The van der Waals surface area contributed by atoms with Crippen LogP contribution in [0, 0.1) is 5.92 Å². The molecule has 6 heteroatoms. The molecule has 4 rings (SSSR count). The zero-order valence-corrected chi connectivity index (χ0v) is 15.7. The lowest BCUT2D eigenvalue weighted by Crippen LogP contribution is -2.72. The van der Waals surface area contributed by atoms with E-state index < -0.39 is 0 Å². The standard InChI is InChI=1S/C20H28N2O4/c1-21-7-6-15(12-24-2)11-20(21)13-22(14-20)19(23)16-4-5-17-18(10-16)26-9-3-8-25-17/h4-5,10,15H,3,6-9,11-14H2,1-2H3/t15-/m1/s1. The number of methoxy groups -OCH3 is 1. The van der Waals surface area contributed by atoms with E-state index in [4.69, 9.17) is 14.2 Å². The van der Waals surface area contributed by atoms with E-state index in [-0.39, 0.29) is 11.4 Å². The highest BCUT2D eigenvalue weighted by atomic mass is 16.5. The number of carbonyl (C=O) groups excluding carboxylic acids is 1. The molecule has 1 aromatic rings. The number of hydrogen-bond acceptors (Lipinski definition) is 5. The largest absolute Gasteiger partial charge is 0.490 e. The summed E-state index contributed by atoms with van der Waals surface area (Å²) >= 11 is 0. The van der Waals surface area contributed by atoms with E-state index in [0.29, 0.717) is 30.4 Å². The lowest BCUT2D eigenvalue weighted by atomic mass is 9.75. The number of benzene rings is 1. The molecule has 0 aromatic heterocycles. The molecule has 1 amide bonds. The van der Waals surface area contributed by atoms with Crippen LogP contribution in [0.5, 0.6) is 11.5 Å². The lowest BCUT2D eigenvalue weighted by Gasteiger charge is -2.58. The van der Waals surface area contributed by atoms with Gasteiger partial charge in [0.2, 0.25) is 0 Å². The zero-order chi connectivity index (χ0) is 18.1. The minimum absolute atomic E-state index is 0.0773. The van der Waals surface area contributed by atoms with Gasteiger partial charge in [-0.2, -0.15) is 0 Å². The first kappa shape index (κ1) is 17.6. The molecular weight excluding hydrogens is 332 g/mol. The van der Waals surface area contributed by atoms with Crippen molar-refractivity contribution < 1.29 is 19.0 Å². The molecule has 0 unspecified atom stereocenters. The van der Waals surface area contributed by atoms with Gasteiger partial charge in [0.05, 0.1) is 18.8 Å². The van der Waals surface area contributed by atoms with Gasteiger partial charge in [-0.05, 0) is 50.6 Å². The van der Waals surface area contributed by atoms with Gasteiger partial charge in [0, 0.05) is 38.8 Å². The Balaban J connectivity index is 1.43. The number of likely N-dealkylation sites (tertiary alicyclic amines) is 2. The summed E-state index contributed by atoms with van der Waals surface area (Å²) in [7, 11) is 3.95. The average Bonchev–Trinajstić information content (AvgIpc) is 2.86. The summed E-state index contributed by atoms with van der Waals surface area (Å²) in [4.78, 5) is 17.3. The third kappa shape index (κ3) is 3.16. The molecule has 1 atom stereocenters. The molecule has 0 N–H and O–H groups in total. The van der Waals surface area contributed by atoms with E-state index in [0.717, 1.165) is 44.8 Å². The Hall–Kier alpha value is -1.79. The fourth-order valence-electron chi connectivity index (χ4n) is 4.44. The fraction of sp³-hybridized carbons (Fsp3) is 0.650. The second-order valence-electron chi connectivity index (χ2n) is 7.83. The van der Waals surface area contributed by atoms with Gasteiger partial charge in [-0.3, -0.25) is 9.69 Å². The molecule has 6 nitrogen and oxygen atoms in total. The summed E-state index contributed by atoms with van der Waals surface area (Å²) in [5.74, 6) is 2.08. The number of piperidine rings is 1. The lowest BCUT2D eigenvalue weighted by molar-refractivity contribution is -0.0731. The van der Waals surface area contributed by atoms with Crippen molar-refractivity contribution >= 4 is 5.91 Å². The molecule has 3 aliphatic rings. The molecular formula is C20H28N2O4. The SMILES string of the molecule is COC[C@@H]1CCN(C)C2(C1)CN(C(=O)c1ccc3c(c1)OCCCO3)C2. The van der Waals surface area contributed by atoms with Crippen LogP contribution in [0.3, 0.4) is 0 Å². The van der Waals surface area contributed by atoms with E-state index in [9.17, 15) is 4.79 Å². The van der Waals surface area contributed by atoms with Gasteiger partial charge in [-0.15, -0.1) is 0 Å². The molecule has 0 saturated carbocycles. The molecule has 3 aliphatic heterocycles. The summed E-state index contributed by atoms with van der Waals surface area (Å²) < 4.78 is 16.7. The molecule has 2 fully saturated rings. The number of rotatable bonds is 3. The first-order valence-corrected chi connectivity index (χ1v) is 9.50. The number of hydrogen-bond donors (Lipinski definition) is 0. The Morgan fingerprint density at radius 1 is 1.27 bits per heavy atom. The van der Waals surface area contributed by atoms with Crippen molar-refractivity contribution in [1.82, 2.24) is 9.80 Å². The van der Waals surface area contributed by atoms with E-state index in [1.165, 1.54) is 6.42 Å². The number of nitrogens with zero attached hydrogens (tertiary/aromatic N) is 2. The van der Waals surface area contributed by atoms with Crippen LogP contribution in [0.4, 0.5) is 0 Å². The topological polar surface area (TPSA) is 51.2 Å². The van der Waals surface area contributed by atoms with Crippen LogP contribution in [0.2, 0.25) is 0 Å². The fourth-order valence-corrected chi connectivity index (χ4v) is 4.44. The maximum Gasteiger partial charge on any atom is 0.254 e. The third-order valence-corrected chi connectivity index (χ3v) is 6.01. The minimum atomic E-state index is 0.0773. The molecule has 2 saturated heterocycles. The van der Waals surface area contributed by atoms with Gasteiger partial charge in [-0.25, -0.2) is 0 Å². The van der Waals surface area contributed by atoms with Crippen LogP contribution >= 0.6 is 0 Å². The summed E-state index contributed by atoms with van der Waals surface area (Å²) in [6.07, 6.45) is 3.13. The molecule has 142 valence electrons. The normalized spacial score (nSPS) is 24.8. The van der Waals surface area contributed by atoms with E-state index >= 15 is 0 Å². The third-order valence-electron chi connectivity index (χ3n) is 6.01. The van der Waals surface area contributed by atoms with Gasteiger partial charge in [0.15, 0.2) is 11.5 Å². The second kappa shape index (κ2) is 7.08. The van der Waals surface area contributed by atoms with E-state index in [1.54, 1.807) is 7.11 Å². The van der Waals surface area contributed by atoms with Crippen molar-refractivity contribution in [1.29, 1.82) is 0 Å². The highest BCUT2D eigenvalue weighted by molar-refractivity contribution is 5.95. The summed E-state index contributed by atoms with van der Waals surface area (Å²) in [5, 5.41) is 0. The number of fused-ring (bicyclic) bond motifs is 1. The Bertz CT molecular complexity index is 672. The Morgan fingerprint density at radius 2 is 2.04 bits per heavy atom. The smallest absolute Gasteiger partial charge is 0.254 e. The van der Waals surface area contributed by atoms with Crippen molar-refractivity contribution in [3.63, 3.8) is 0 Å². The number of amides is 1. The van der Waals surface area contributed by atoms with Crippen molar-refractivity contribution in [2.75, 3.05) is 53.6 Å². The molecule has 1 spiro atoms. The van der Waals surface area contributed by atoms with Crippen molar-refractivity contribution in [2.45, 2.75) is 24.8 Å². The van der Waals surface area contributed by atoms with Crippen LogP contribution < -0.4 is 9.47 Å². The number of ether oxygens (including phenoxy) is 3. The van der Waals surface area contributed by atoms with Gasteiger partial charge < -0.3 is 19.1 Å². The number of carbonyl (C=O) groups is 1. The van der Waals surface area contributed by atoms with Gasteiger partial charge in [0.1, 0.15) is 0 Å². The molecule has 0 aliphatic carbocycles. The molecule has 26 heavy (non-hydrogen) atoms. The van der Waals surface area contributed by atoms with Crippen molar-refractivity contribution in [3.05, 3.63) is 23.8 Å². The Kier molecular flexibility index (Phi) is 4.80. The highest BCUT2D eigenvalue weighted by Gasteiger charge is 2.51. The quantitative estimate of drug-likeness (QED) is 0.826. The number of likely N-dealkylation sites (N-methyl/N-ethyl adjacent to an activating group) is 1. The van der Waals surface area contributed by atoms with Gasteiger partial charge in [-0.1, -0.05) is 0 Å². The highest BCUT2D eigenvalue weighted by Crippen LogP contribution is 2.39.